The molecule has 0 saturated carbocycles. The van der Waals surface area contributed by atoms with Crippen molar-refractivity contribution in [2.45, 2.75) is 0 Å². The van der Waals surface area contributed by atoms with Crippen LogP contribution >= 0.6 is 0 Å². The fraction of sp³-hybridized carbons (Fsp3) is 0.0714. The summed E-state index contributed by atoms with van der Waals surface area (Å²) in [6.07, 6.45) is 1.40. The monoisotopic (exact) mass is 267 g/mol. The fourth-order valence-electron chi connectivity index (χ4n) is 1.76. The van der Waals surface area contributed by atoms with Crippen molar-refractivity contribution in [3.63, 3.8) is 0 Å². The molecule has 6 heteroatoms. The molecule has 0 aliphatic carbocycles. The SMILES string of the molecule is N#Cc1ccc(NC(=O)c2ccc3c(c2)OCO3)nc1. The van der Waals surface area contributed by atoms with Crippen LogP contribution in [0.3, 0.4) is 0 Å². The Bertz CT molecular complexity index is 705. The number of rotatable bonds is 2. The standard InChI is InChI=1S/C14H9N3O3/c15-6-9-1-4-13(16-7-9)17-14(18)10-2-3-11-12(5-10)20-8-19-11/h1-5,7H,8H2,(H,16,17,18). The predicted octanol–water partition coefficient (Wildman–Crippen LogP) is 1.93. The number of anilines is 1. The van der Waals surface area contributed by atoms with Crippen molar-refractivity contribution in [1.29, 1.82) is 5.26 Å². The highest BCUT2D eigenvalue weighted by molar-refractivity contribution is 6.04. The zero-order chi connectivity index (χ0) is 13.9. The predicted molar refractivity (Wildman–Crippen MR) is 69.5 cm³/mol. The van der Waals surface area contributed by atoms with Crippen molar-refractivity contribution in [3.05, 3.63) is 47.7 Å². The topological polar surface area (TPSA) is 84.2 Å². The Morgan fingerprint density at radius 2 is 2.10 bits per heavy atom. The lowest BCUT2D eigenvalue weighted by atomic mass is 10.2. The second-order valence-corrected chi connectivity index (χ2v) is 4.07. The number of ether oxygens (including phenoxy) is 2. The molecular formula is C14H9N3O3. The molecule has 20 heavy (non-hydrogen) atoms. The van der Waals surface area contributed by atoms with Crippen molar-refractivity contribution in [1.82, 2.24) is 4.98 Å². The molecule has 0 fully saturated rings. The van der Waals surface area contributed by atoms with Gasteiger partial charge in [0.2, 0.25) is 6.79 Å². The second kappa shape index (κ2) is 4.90. The maximum absolute atomic E-state index is 12.1. The number of aromatic nitrogens is 1. The van der Waals surface area contributed by atoms with E-state index in [4.69, 9.17) is 14.7 Å². The van der Waals surface area contributed by atoms with Crippen LogP contribution in [0.2, 0.25) is 0 Å². The second-order valence-electron chi connectivity index (χ2n) is 4.07. The number of benzene rings is 1. The summed E-state index contributed by atoms with van der Waals surface area (Å²) in [5.41, 5.74) is 0.881. The van der Waals surface area contributed by atoms with Crippen LogP contribution in [0.4, 0.5) is 5.82 Å². The maximum Gasteiger partial charge on any atom is 0.256 e. The maximum atomic E-state index is 12.1. The third kappa shape index (κ3) is 2.24. The molecule has 0 saturated heterocycles. The van der Waals surface area contributed by atoms with Gasteiger partial charge in [-0.1, -0.05) is 0 Å². The van der Waals surface area contributed by atoms with Gasteiger partial charge in [0.25, 0.3) is 5.91 Å². The fourth-order valence-corrected chi connectivity index (χ4v) is 1.76. The molecule has 0 unspecified atom stereocenters. The highest BCUT2D eigenvalue weighted by Gasteiger charge is 2.16. The van der Waals surface area contributed by atoms with Crippen molar-refractivity contribution in [3.8, 4) is 17.6 Å². The average molecular weight is 267 g/mol. The minimum absolute atomic E-state index is 0.164. The average Bonchev–Trinajstić information content (AvgIpc) is 2.95. The first-order chi connectivity index (χ1) is 9.76. The van der Waals surface area contributed by atoms with E-state index >= 15 is 0 Å². The van der Waals surface area contributed by atoms with Gasteiger partial charge in [-0.2, -0.15) is 5.26 Å². The summed E-state index contributed by atoms with van der Waals surface area (Å²) in [4.78, 5) is 16.0. The van der Waals surface area contributed by atoms with E-state index in [0.717, 1.165) is 0 Å². The molecule has 98 valence electrons. The molecule has 1 aromatic heterocycles. The van der Waals surface area contributed by atoms with Gasteiger partial charge in [0.1, 0.15) is 11.9 Å². The third-order valence-corrected chi connectivity index (χ3v) is 2.77. The largest absolute Gasteiger partial charge is 0.454 e. The molecule has 2 heterocycles. The lowest BCUT2D eigenvalue weighted by molar-refractivity contribution is 0.102. The molecule has 2 aromatic rings. The van der Waals surface area contributed by atoms with Gasteiger partial charge in [-0.15, -0.1) is 0 Å². The smallest absolute Gasteiger partial charge is 0.256 e. The van der Waals surface area contributed by atoms with Crippen LogP contribution in [-0.4, -0.2) is 17.7 Å². The Morgan fingerprint density at radius 1 is 1.25 bits per heavy atom. The summed E-state index contributed by atoms with van der Waals surface area (Å²) in [5.74, 6) is 1.25. The van der Waals surface area contributed by atoms with Gasteiger partial charge >= 0.3 is 0 Å². The minimum atomic E-state index is -0.305. The Hall–Kier alpha value is -3.07. The molecule has 0 radical (unpaired) electrons. The molecule has 0 bridgehead atoms. The first-order valence-corrected chi connectivity index (χ1v) is 5.83. The Kier molecular flexibility index (Phi) is 2.94. The number of nitriles is 1. The van der Waals surface area contributed by atoms with Crippen LogP contribution in [0, 0.1) is 11.3 Å². The number of nitrogens with zero attached hydrogens (tertiary/aromatic N) is 2. The summed E-state index contributed by atoms with van der Waals surface area (Å²) in [5, 5.41) is 11.3. The molecule has 0 spiro atoms. The van der Waals surface area contributed by atoms with Crippen LogP contribution in [-0.2, 0) is 0 Å². The van der Waals surface area contributed by atoms with Crippen LogP contribution in [0.5, 0.6) is 11.5 Å². The summed E-state index contributed by atoms with van der Waals surface area (Å²) in [6.45, 7) is 0.164. The number of nitrogens with one attached hydrogen (secondary N) is 1. The van der Waals surface area contributed by atoms with E-state index in [9.17, 15) is 4.79 Å². The molecule has 0 atom stereocenters. The Labute approximate surface area is 114 Å². The van der Waals surface area contributed by atoms with Gasteiger partial charge in [-0.3, -0.25) is 4.79 Å². The van der Waals surface area contributed by atoms with Crippen LogP contribution in [0.15, 0.2) is 36.5 Å². The van der Waals surface area contributed by atoms with Crippen molar-refractivity contribution >= 4 is 11.7 Å². The van der Waals surface area contributed by atoms with E-state index in [1.54, 1.807) is 30.3 Å². The zero-order valence-corrected chi connectivity index (χ0v) is 10.3. The van der Waals surface area contributed by atoms with Crippen LogP contribution in [0.25, 0.3) is 0 Å². The van der Waals surface area contributed by atoms with Gasteiger partial charge < -0.3 is 14.8 Å². The van der Waals surface area contributed by atoms with Gasteiger partial charge in [0.05, 0.1) is 5.56 Å². The minimum Gasteiger partial charge on any atom is -0.454 e. The Balaban J connectivity index is 1.77. The molecule has 1 amide bonds. The van der Waals surface area contributed by atoms with Gasteiger partial charge in [0, 0.05) is 11.8 Å². The third-order valence-electron chi connectivity index (χ3n) is 2.77. The van der Waals surface area contributed by atoms with E-state index in [-0.39, 0.29) is 12.7 Å². The highest BCUT2D eigenvalue weighted by atomic mass is 16.7. The lowest BCUT2D eigenvalue weighted by Crippen LogP contribution is -2.12. The molecule has 1 aliphatic heterocycles. The molecule has 1 aliphatic rings. The van der Waals surface area contributed by atoms with E-state index in [1.165, 1.54) is 6.20 Å². The van der Waals surface area contributed by atoms with Gasteiger partial charge in [-0.25, -0.2) is 4.98 Å². The van der Waals surface area contributed by atoms with Crippen molar-refractivity contribution < 1.29 is 14.3 Å². The van der Waals surface area contributed by atoms with Crippen LogP contribution < -0.4 is 14.8 Å². The number of hydrogen-bond donors (Lipinski definition) is 1. The first kappa shape index (κ1) is 12.0. The molecule has 1 N–H and O–H groups in total. The summed E-state index contributed by atoms with van der Waals surface area (Å²) in [7, 11) is 0. The van der Waals surface area contributed by atoms with E-state index in [1.807, 2.05) is 6.07 Å². The molecule has 3 rings (SSSR count). The van der Waals surface area contributed by atoms with Crippen molar-refractivity contribution in [2.24, 2.45) is 0 Å². The van der Waals surface area contributed by atoms with E-state index in [2.05, 4.69) is 10.3 Å². The quantitative estimate of drug-likeness (QED) is 0.898. The summed E-state index contributed by atoms with van der Waals surface area (Å²) < 4.78 is 10.4. The molecule has 1 aromatic carbocycles. The number of fused-ring (bicyclic) bond motifs is 1. The Morgan fingerprint density at radius 3 is 2.85 bits per heavy atom. The van der Waals surface area contributed by atoms with Crippen LogP contribution in [0.1, 0.15) is 15.9 Å². The number of hydrogen-bond acceptors (Lipinski definition) is 5. The first-order valence-electron chi connectivity index (χ1n) is 5.83. The van der Waals surface area contributed by atoms with E-state index < -0.39 is 0 Å². The van der Waals surface area contributed by atoms with Crippen molar-refractivity contribution in [2.75, 3.05) is 12.1 Å². The lowest BCUT2D eigenvalue weighted by Gasteiger charge is -2.05. The number of pyridine rings is 1. The van der Waals surface area contributed by atoms with E-state index in [0.29, 0.717) is 28.4 Å². The number of carbonyl (C=O) groups excluding carboxylic acids is 1. The number of amides is 1. The van der Waals surface area contributed by atoms with Gasteiger partial charge in [0.15, 0.2) is 11.5 Å². The normalized spacial score (nSPS) is 11.8. The number of carbonyl (C=O) groups is 1. The summed E-state index contributed by atoms with van der Waals surface area (Å²) in [6, 6.07) is 10.1. The highest BCUT2D eigenvalue weighted by Crippen LogP contribution is 2.32. The zero-order valence-electron chi connectivity index (χ0n) is 10.3. The summed E-state index contributed by atoms with van der Waals surface area (Å²) >= 11 is 0. The molecular weight excluding hydrogens is 258 g/mol. The van der Waals surface area contributed by atoms with Gasteiger partial charge in [-0.05, 0) is 30.3 Å². The molecule has 6 nitrogen and oxygen atoms in total.